The molecule has 0 saturated carbocycles. The van der Waals surface area contributed by atoms with Gasteiger partial charge in [0.25, 0.3) is 0 Å². The van der Waals surface area contributed by atoms with Gasteiger partial charge in [-0.1, -0.05) is 12.1 Å². The Bertz CT molecular complexity index is 495. The molecule has 1 aliphatic heterocycles. The average molecular weight is 246 g/mol. The first-order valence-corrected chi connectivity index (χ1v) is 5.68. The maximum absolute atomic E-state index is 11.3. The van der Waals surface area contributed by atoms with Gasteiger partial charge in [0.05, 0.1) is 17.4 Å². The lowest BCUT2D eigenvalue weighted by Crippen LogP contribution is -2.36. The zero-order valence-electron chi connectivity index (χ0n) is 10.0. The van der Waals surface area contributed by atoms with Crippen LogP contribution in [-0.4, -0.2) is 36.9 Å². The molecule has 1 aromatic carbocycles. The molecule has 0 spiro atoms. The standard InChI is InChI=1S/C13H14N2O3/c1-18-10-6-12(13(16)17)15(8-10)11-5-3-2-4-9(11)7-14/h2-5,10,12H,6,8H2,1H3,(H,16,17). The van der Waals surface area contributed by atoms with Crippen molar-refractivity contribution in [1.29, 1.82) is 5.26 Å². The number of carbonyl (C=O) groups is 1. The lowest BCUT2D eigenvalue weighted by atomic mass is 10.1. The predicted octanol–water partition coefficient (Wildman–Crippen LogP) is 1.24. The van der Waals surface area contributed by atoms with Gasteiger partial charge >= 0.3 is 5.97 Å². The van der Waals surface area contributed by atoms with E-state index in [1.807, 2.05) is 0 Å². The molecule has 94 valence electrons. The van der Waals surface area contributed by atoms with Gasteiger partial charge in [-0.2, -0.15) is 5.26 Å². The quantitative estimate of drug-likeness (QED) is 0.868. The van der Waals surface area contributed by atoms with E-state index in [0.29, 0.717) is 24.2 Å². The number of rotatable bonds is 3. The van der Waals surface area contributed by atoms with Gasteiger partial charge in [0, 0.05) is 20.1 Å². The van der Waals surface area contributed by atoms with Gasteiger partial charge in [0.15, 0.2) is 0 Å². The van der Waals surface area contributed by atoms with Crippen LogP contribution in [0.25, 0.3) is 0 Å². The lowest BCUT2D eigenvalue weighted by Gasteiger charge is -2.24. The monoisotopic (exact) mass is 246 g/mol. The molecule has 5 heteroatoms. The van der Waals surface area contributed by atoms with Crippen LogP contribution in [0.2, 0.25) is 0 Å². The van der Waals surface area contributed by atoms with Crippen molar-refractivity contribution in [2.75, 3.05) is 18.6 Å². The van der Waals surface area contributed by atoms with Gasteiger partial charge in [-0.25, -0.2) is 4.79 Å². The van der Waals surface area contributed by atoms with Crippen LogP contribution in [0.1, 0.15) is 12.0 Å². The molecular formula is C13H14N2O3. The summed E-state index contributed by atoms with van der Waals surface area (Å²) in [6.07, 6.45) is 0.323. The molecule has 1 aromatic rings. The van der Waals surface area contributed by atoms with Crippen molar-refractivity contribution < 1.29 is 14.6 Å². The van der Waals surface area contributed by atoms with Crippen molar-refractivity contribution in [1.82, 2.24) is 0 Å². The molecular weight excluding hydrogens is 232 g/mol. The van der Waals surface area contributed by atoms with E-state index in [1.165, 1.54) is 0 Å². The maximum Gasteiger partial charge on any atom is 0.326 e. The number of anilines is 1. The number of hydrogen-bond donors (Lipinski definition) is 1. The van der Waals surface area contributed by atoms with Crippen LogP contribution >= 0.6 is 0 Å². The number of benzene rings is 1. The van der Waals surface area contributed by atoms with Gasteiger partial charge in [-0.15, -0.1) is 0 Å². The molecule has 0 amide bonds. The topological polar surface area (TPSA) is 73.6 Å². The predicted molar refractivity (Wildman–Crippen MR) is 65.3 cm³/mol. The van der Waals surface area contributed by atoms with Crippen LogP contribution in [-0.2, 0) is 9.53 Å². The molecule has 1 fully saturated rings. The van der Waals surface area contributed by atoms with Crippen molar-refractivity contribution in [3.8, 4) is 6.07 Å². The normalized spacial score (nSPS) is 22.8. The van der Waals surface area contributed by atoms with Crippen molar-refractivity contribution >= 4 is 11.7 Å². The number of para-hydroxylation sites is 1. The molecule has 2 unspecified atom stereocenters. The van der Waals surface area contributed by atoms with E-state index in [2.05, 4.69) is 6.07 Å². The van der Waals surface area contributed by atoms with E-state index < -0.39 is 12.0 Å². The van der Waals surface area contributed by atoms with E-state index in [4.69, 9.17) is 10.00 Å². The summed E-state index contributed by atoms with van der Waals surface area (Å²) in [5, 5.41) is 18.3. The van der Waals surface area contributed by atoms with Crippen LogP contribution in [0.3, 0.4) is 0 Å². The van der Waals surface area contributed by atoms with E-state index in [1.54, 1.807) is 36.3 Å². The molecule has 1 aliphatic rings. The maximum atomic E-state index is 11.3. The zero-order valence-corrected chi connectivity index (χ0v) is 10.0. The van der Waals surface area contributed by atoms with Crippen LogP contribution in [0.15, 0.2) is 24.3 Å². The highest BCUT2D eigenvalue weighted by Crippen LogP contribution is 2.29. The fourth-order valence-corrected chi connectivity index (χ4v) is 2.29. The summed E-state index contributed by atoms with van der Waals surface area (Å²) in [6, 6.07) is 8.48. The third kappa shape index (κ3) is 2.15. The summed E-state index contributed by atoms with van der Waals surface area (Å²) < 4.78 is 5.23. The summed E-state index contributed by atoms with van der Waals surface area (Å²) in [4.78, 5) is 13.0. The largest absolute Gasteiger partial charge is 0.480 e. The molecule has 2 atom stereocenters. The fraction of sp³-hybridized carbons (Fsp3) is 0.385. The minimum atomic E-state index is -0.887. The first-order chi connectivity index (χ1) is 8.67. The van der Waals surface area contributed by atoms with Crippen LogP contribution in [0.5, 0.6) is 0 Å². The van der Waals surface area contributed by atoms with Gasteiger partial charge in [-0.05, 0) is 12.1 Å². The molecule has 0 radical (unpaired) electrons. The number of carboxylic acids is 1. The molecule has 0 aliphatic carbocycles. The van der Waals surface area contributed by atoms with Crippen molar-refractivity contribution in [2.24, 2.45) is 0 Å². The van der Waals surface area contributed by atoms with E-state index in [-0.39, 0.29) is 6.10 Å². The third-order valence-corrected chi connectivity index (χ3v) is 3.22. The first kappa shape index (κ1) is 12.4. The molecule has 0 aromatic heterocycles. The highest BCUT2D eigenvalue weighted by molar-refractivity contribution is 5.80. The van der Waals surface area contributed by atoms with E-state index >= 15 is 0 Å². The molecule has 1 saturated heterocycles. The molecule has 1 heterocycles. The highest BCUT2D eigenvalue weighted by Gasteiger charge is 2.37. The minimum Gasteiger partial charge on any atom is -0.480 e. The summed E-state index contributed by atoms with van der Waals surface area (Å²) >= 11 is 0. The van der Waals surface area contributed by atoms with Gasteiger partial charge in [0.2, 0.25) is 0 Å². The van der Waals surface area contributed by atoms with Crippen LogP contribution < -0.4 is 4.90 Å². The second kappa shape index (κ2) is 5.07. The second-order valence-corrected chi connectivity index (χ2v) is 4.23. The Morgan fingerprint density at radius 1 is 1.56 bits per heavy atom. The van der Waals surface area contributed by atoms with Gasteiger partial charge in [-0.3, -0.25) is 0 Å². The third-order valence-electron chi connectivity index (χ3n) is 3.22. The zero-order chi connectivity index (χ0) is 13.1. The SMILES string of the molecule is COC1CC(C(=O)O)N(c2ccccc2C#N)C1. The molecule has 5 nitrogen and oxygen atoms in total. The number of methoxy groups -OCH3 is 1. The lowest BCUT2D eigenvalue weighted by molar-refractivity contribution is -0.138. The average Bonchev–Trinajstić information content (AvgIpc) is 2.83. The number of nitriles is 1. The molecule has 18 heavy (non-hydrogen) atoms. The number of ether oxygens (including phenoxy) is 1. The van der Waals surface area contributed by atoms with Crippen LogP contribution in [0.4, 0.5) is 5.69 Å². The van der Waals surface area contributed by atoms with Gasteiger partial charge in [0.1, 0.15) is 12.1 Å². The Labute approximate surface area is 105 Å². The van der Waals surface area contributed by atoms with E-state index in [0.717, 1.165) is 0 Å². The number of nitrogens with zero attached hydrogens (tertiary/aromatic N) is 2. The molecule has 1 N–H and O–H groups in total. The molecule has 0 bridgehead atoms. The van der Waals surface area contributed by atoms with Crippen LogP contribution in [0, 0.1) is 11.3 Å². The Kier molecular flexibility index (Phi) is 3.49. The van der Waals surface area contributed by atoms with Crippen molar-refractivity contribution in [3.63, 3.8) is 0 Å². The van der Waals surface area contributed by atoms with Gasteiger partial charge < -0.3 is 14.7 Å². The Hall–Kier alpha value is -2.06. The summed E-state index contributed by atoms with van der Waals surface area (Å²) in [5.74, 6) is -0.887. The smallest absolute Gasteiger partial charge is 0.326 e. The molecule has 2 rings (SSSR count). The summed E-state index contributed by atoms with van der Waals surface area (Å²) in [6.45, 7) is 0.492. The minimum absolute atomic E-state index is 0.113. The van der Waals surface area contributed by atoms with Crippen molar-refractivity contribution in [2.45, 2.75) is 18.6 Å². The number of aliphatic carboxylic acids is 1. The Morgan fingerprint density at radius 2 is 2.28 bits per heavy atom. The highest BCUT2D eigenvalue weighted by atomic mass is 16.5. The second-order valence-electron chi connectivity index (χ2n) is 4.23. The summed E-state index contributed by atoms with van der Waals surface area (Å²) in [7, 11) is 1.57. The van der Waals surface area contributed by atoms with E-state index in [9.17, 15) is 9.90 Å². The number of hydrogen-bond acceptors (Lipinski definition) is 4. The fourth-order valence-electron chi connectivity index (χ4n) is 2.29. The summed E-state index contributed by atoms with van der Waals surface area (Å²) in [5.41, 5.74) is 1.15. The van der Waals surface area contributed by atoms with Crippen molar-refractivity contribution in [3.05, 3.63) is 29.8 Å². The Morgan fingerprint density at radius 3 is 2.89 bits per heavy atom. The number of carboxylic acid groups (broad SMARTS) is 1. The first-order valence-electron chi connectivity index (χ1n) is 5.68. The Balaban J connectivity index is 2.36.